The van der Waals surface area contributed by atoms with Crippen LogP contribution in [0.4, 0.5) is 10.1 Å². The zero-order valence-corrected chi connectivity index (χ0v) is 19.4. The van der Waals surface area contributed by atoms with Crippen LogP contribution in [0.25, 0.3) is 0 Å². The number of ether oxygens (including phenoxy) is 1. The van der Waals surface area contributed by atoms with Crippen LogP contribution in [0.1, 0.15) is 25.8 Å². The molecule has 0 bridgehead atoms. The lowest BCUT2D eigenvalue weighted by molar-refractivity contribution is -0.116. The Balaban J connectivity index is 1.88. The molecule has 0 aliphatic carbocycles. The Bertz CT molecular complexity index is 1180. The molecule has 3 aromatic rings. The third-order valence-electron chi connectivity index (χ3n) is 5.09. The number of hydrogen-bond acceptors (Lipinski definition) is 4. The summed E-state index contributed by atoms with van der Waals surface area (Å²) in [7, 11) is -3.73. The quantitative estimate of drug-likeness (QED) is 0.441. The first kappa shape index (κ1) is 24.4. The summed E-state index contributed by atoms with van der Waals surface area (Å²) in [6, 6.07) is 19.3. The third kappa shape index (κ3) is 6.40. The number of hydrogen-bond donors (Lipinski definition) is 1. The van der Waals surface area contributed by atoms with Crippen molar-refractivity contribution in [2.75, 3.05) is 18.4 Å². The fraction of sp³-hybridized carbons (Fsp3) is 0.240. The molecule has 0 aliphatic rings. The van der Waals surface area contributed by atoms with Crippen molar-refractivity contribution in [3.63, 3.8) is 0 Å². The fourth-order valence-corrected chi connectivity index (χ4v) is 4.80. The molecule has 0 saturated carbocycles. The average molecular weight is 471 g/mol. The number of aryl methyl sites for hydroxylation is 1. The highest BCUT2D eigenvalue weighted by atomic mass is 32.2. The van der Waals surface area contributed by atoms with Crippen molar-refractivity contribution in [3.05, 3.63) is 84.2 Å². The number of carbonyl (C=O) groups is 1. The number of rotatable bonds is 10. The van der Waals surface area contributed by atoms with Crippen LogP contribution in [0.2, 0.25) is 0 Å². The summed E-state index contributed by atoms with van der Waals surface area (Å²) in [5.41, 5.74) is 1.25. The van der Waals surface area contributed by atoms with Gasteiger partial charge in [-0.2, -0.15) is 4.31 Å². The SMILES string of the molecule is CCN(CC)S(=O)(=O)c1ccc(Oc2ccc(F)cc2)c(NC(=O)CCc2ccccc2)c1. The smallest absolute Gasteiger partial charge is 0.243 e. The molecule has 6 nitrogen and oxygen atoms in total. The highest BCUT2D eigenvalue weighted by Gasteiger charge is 2.23. The first-order valence-corrected chi connectivity index (χ1v) is 12.2. The molecule has 33 heavy (non-hydrogen) atoms. The van der Waals surface area contributed by atoms with Crippen molar-refractivity contribution < 1.29 is 22.3 Å². The Hall–Kier alpha value is -3.23. The number of benzene rings is 3. The summed E-state index contributed by atoms with van der Waals surface area (Å²) in [5.74, 6) is -0.0682. The van der Waals surface area contributed by atoms with Crippen LogP contribution in [-0.2, 0) is 21.2 Å². The van der Waals surface area contributed by atoms with Crippen molar-refractivity contribution in [3.8, 4) is 11.5 Å². The molecular formula is C25H27FN2O4S. The van der Waals surface area contributed by atoms with Gasteiger partial charge < -0.3 is 10.1 Å². The zero-order chi connectivity index (χ0) is 23.8. The highest BCUT2D eigenvalue weighted by molar-refractivity contribution is 7.89. The van der Waals surface area contributed by atoms with Crippen molar-refractivity contribution in [1.82, 2.24) is 4.31 Å². The Kier molecular flexibility index (Phi) is 8.19. The van der Waals surface area contributed by atoms with Gasteiger partial charge >= 0.3 is 0 Å². The Morgan fingerprint density at radius 3 is 2.27 bits per heavy atom. The van der Waals surface area contributed by atoms with Crippen LogP contribution in [-0.4, -0.2) is 31.7 Å². The second kappa shape index (κ2) is 11.1. The maximum absolute atomic E-state index is 13.2. The number of nitrogens with zero attached hydrogens (tertiary/aromatic N) is 1. The number of nitrogens with one attached hydrogen (secondary N) is 1. The molecule has 0 fully saturated rings. The van der Waals surface area contributed by atoms with Crippen LogP contribution in [0.5, 0.6) is 11.5 Å². The molecule has 8 heteroatoms. The van der Waals surface area contributed by atoms with E-state index in [0.717, 1.165) is 5.56 Å². The zero-order valence-electron chi connectivity index (χ0n) is 18.6. The Morgan fingerprint density at radius 2 is 1.64 bits per heavy atom. The van der Waals surface area contributed by atoms with Crippen molar-refractivity contribution in [2.24, 2.45) is 0 Å². The Labute approximate surface area is 194 Å². The average Bonchev–Trinajstić information content (AvgIpc) is 2.81. The van der Waals surface area contributed by atoms with Gasteiger partial charge in [0.15, 0.2) is 5.75 Å². The molecule has 1 N–H and O–H groups in total. The summed E-state index contributed by atoms with van der Waals surface area (Å²) >= 11 is 0. The first-order valence-electron chi connectivity index (χ1n) is 10.7. The number of amides is 1. The van der Waals surface area contributed by atoms with Gasteiger partial charge in [0.25, 0.3) is 0 Å². The minimum absolute atomic E-state index is 0.0519. The molecular weight excluding hydrogens is 443 g/mol. The van der Waals surface area contributed by atoms with Gasteiger partial charge in [-0.05, 0) is 54.4 Å². The van der Waals surface area contributed by atoms with Gasteiger partial charge in [0.05, 0.1) is 10.6 Å². The van der Waals surface area contributed by atoms with Crippen LogP contribution >= 0.6 is 0 Å². The number of sulfonamides is 1. The predicted octanol–water partition coefficient (Wildman–Crippen LogP) is 5.22. The van der Waals surface area contributed by atoms with Gasteiger partial charge in [-0.25, -0.2) is 12.8 Å². The molecule has 3 aromatic carbocycles. The van der Waals surface area contributed by atoms with Crippen molar-refractivity contribution >= 4 is 21.6 Å². The van der Waals surface area contributed by atoms with Gasteiger partial charge in [0, 0.05) is 19.5 Å². The molecule has 0 heterocycles. The van der Waals surface area contributed by atoms with Gasteiger partial charge in [0.2, 0.25) is 15.9 Å². The van der Waals surface area contributed by atoms with Gasteiger partial charge in [0.1, 0.15) is 11.6 Å². The lowest BCUT2D eigenvalue weighted by Crippen LogP contribution is -2.30. The van der Waals surface area contributed by atoms with Crippen molar-refractivity contribution in [1.29, 1.82) is 0 Å². The molecule has 0 aliphatic heterocycles. The van der Waals surface area contributed by atoms with Gasteiger partial charge in [-0.15, -0.1) is 0 Å². The van der Waals surface area contributed by atoms with Crippen LogP contribution in [0, 0.1) is 5.82 Å². The molecule has 3 rings (SSSR count). The predicted molar refractivity (Wildman–Crippen MR) is 126 cm³/mol. The summed E-state index contributed by atoms with van der Waals surface area (Å²) in [5, 5.41) is 2.78. The van der Waals surface area contributed by atoms with Crippen LogP contribution < -0.4 is 10.1 Å². The number of anilines is 1. The maximum atomic E-state index is 13.2. The lowest BCUT2D eigenvalue weighted by atomic mass is 10.1. The normalized spacial score (nSPS) is 11.4. The van der Waals surface area contributed by atoms with Crippen molar-refractivity contribution in [2.45, 2.75) is 31.6 Å². The minimum atomic E-state index is -3.73. The van der Waals surface area contributed by atoms with E-state index in [9.17, 15) is 17.6 Å². The number of carbonyl (C=O) groups excluding carboxylic acids is 1. The molecule has 0 saturated heterocycles. The van der Waals surface area contributed by atoms with E-state index in [1.54, 1.807) is 13.8 Å². The fourth-order valence-electron chi connectivity index (χ4n) is 3.31. The van der Waals surface area contributed by atoms with E-state index >= 15 is 0 Å². The van der Waals surface area contributed by atoms with Crippen LogP contribution in [0.3, 0.4) is 0 Å². The standard InChI is InChI=1S/C25H27FN2O4S/c1-3-28(4-2)33(30,31)22-15-16-24(32-21-13-11-20(26)12-14-21)23(18-22)27-25(29)17-10-19-8-6-5-7-9-19/h5-9,11-16,18H,3-4,10,17H2,1-2H3,(H,27,29). The summed E-state index contributed by atoms with van der Waals surface area (Å²) in [4.78, 5) is 12.7. The highest BCUT2D eigenvalue weighted by Crippen LogP contribution is 2.33. The van der Waals surface area contributed by atoms with E-state index in [-0.39, 0.29) is 28.7 Å². The van der Waals surface area contributed by atoms with E-state index in [2.05, 4.69) is 5.32 Å². The molecule has 0 radical (unpaired) electrons. The maximum Gasteiger partial charge on any atom is 0.243 e. The van der Waals surface area contributed by atoms with Crippen LogP contribution in [0.15, 0.2) is 77.7 Å². The lowest BCUT2D eigenvalue weighted by Gasteiger charge is -2.20. The molecule has 0 unspecified atom stereocenters. The summed E-state index contributed by atoms with van der Waals surface area (Å²) in [6.07, 6.45) is 0.755. The van der Waals surface area contributed by atoms with E-state index in [1.165, 1.54) is 46.8 Å². The summed E-state index contributed by atoms with van der Waals surface area (Å²) < 4.78 is 46.4. The van der Waals surface area contributed by atoms with E-state index < -0.39 is 15.8 Å². The number of halogens is 1. The van der Waals surface area contributed by atoms with Gasteiger partial charge in [-0.1, -0.05) is 44.2 Å². The van der Waals surface area contributed by atoms with Gasteiger partial charge in [-0.3, -0.25) is 4.79 Å². The van der Waals surface area contributed by atoms with E-state index in [1.807, 2.05) is 30.3 Å². The van der Waals surface area contributed by atoms with E-state index in [4.69, 9.17) is 4.74 Å². The molecule has 174 valence electrons. The van der Waals surface area contributed by atoms with E-state index in [0.29, 0.717) is 25.3 Å². The third-order valence-corrected chi connectivity index (χ3v) is 7.14. The summed E-state index contributed by atoms with van der Waals surface area (Å²) in [6.45, 7) is 4.18. The topological polar surface area (TPSA) is 75.7 Å². The minimum Gasteiger partial charge on any atom is -0.455 e. The monoisotopic (exact) mass is 470 g/mol. The molecule has 0 aromatic heterocycles. The largest absolute Gasteiger partial charge is 0.455 e. The molecule has 0 atom stereocenters. The molecule has 1 amide bonds. The second-order valence-electron chi connectivity index (χ2n) is 7.34. The molecule has 0 spiro atoms. The Morgan fingerprint density at radius 1 is 0.970 bits per heavy atom. The first-order chi connectivity index (χ1) is 15.8. The second-order valence-corrected chi connectivity index (χ2v) is 9.27.